The summed E-state index contributed by atoms with van der Waals surface area (Å²) in [6, 6.07) is 0. The molecule has 0 bridgehead atoms. The van der Waals surface area contributed by atoms with Gasteiger partial charge in [-0.05, 0) is 19.5 Å². The van der Waals surface area contributed by atoms with Crippen LogP contribution < -0.4 is 34.9 Å². The molecule has 1 nitrogen and oxygen atoms in total. The first-order chi connectivity index (χ1) is 7.91. The molecule has 0 unspecified atom stereocenters. The van der Waals surface area contributed by atoms with Gasteiger partial charge >= 0.3 is 29.6 Å². The van der Waals surface area contributed by atoms with E-state index in [1.165, 1.54) is 70.8 Å². The van der Waals surface area contributed by atoms with Gasteiger partial charge < -0.3 is 12.2 Å². The Morgan fingerprint density at radius 3 is 1.65 bits per heavy atom. The molecule has 0 fully saturated rings. The zero-order valence-electron chi connectivity index (χ0n) is 12.4. The Labute approximate surface area is 132 Å². The molecule has 0 heterocycles. The van der Waals surface area contributed by atoms with E-state index in [1.807, 2.05) is 0 Å². The van der Waals surface area contributed by atoms with Crippen LogP contribution in [-0.4, -0.2) is 13.1 Å². The van der Waals surface area contributed by atoms with Crippen molar-refractivity contribution in [3.8, 4) is 0 Å². The summed E-state index contributed by atoms with van der Waals surface area (Å²) in [5, 5.41) is 3.40. The smallest absolute Gasteiger partial charge is 0.342 e. The van der Waals surface area contributed by atoms with Crippen molar-refractivity contribution in [2.45, 2.75) is 77.6 Å². The summed E-state index contributed by atoms with van der Waals surface area (Å²) in [6.07, 6.45) is 15.2. The number of unbranched alkanes of at least 4 members (excludes halogenated alkanes) is 9. The predicted octanol–water partition coefficient (Wildman–Crippen LogP) is 1.73. The van der Waals surface area contributed by atoms with Crippen molar-refractivity contribution in [3.05, 3.63) is 6.92 Å². The van der Waals surface area contributed by atoms with Gasteiger partial charge in [-0.2, -0.15) is 6.42 Å². The SMILES string of the molecule is [CH2-]CCNCCCCCCCCCCCC.[Na+]. The second kappa shape index (κ2) is 19.3. The second-order valence-corrected chi connectivity index (χ2v) is 4.79. The fourth-order valence-electron chi connectivity index (χ4n) is 1.99. The Kier molecular flexibility index (Phi) is 23.0. The second-order valence-electron chi connectivity index (χ2n) is 4.79. The molecule has 0 aliphatic rings. The number of hydrogen-bond donors (Lipinski definition) is 1. The maximum Gasteiger partial charge on any atom is 1.00 e. The van der Waals surface area contributed by atoms with Crippen LogP contribution in [0.25, 0.3) is 0 Å². The van der Waals surface area contributed by atoms with E-state index in [9.17, 15) is 0 Å². The maximum absolute atomic E-state index is 3.81. The molecular weight excluding hydrogens is 217 g/mol. The minimum Gasteiger partial charge on any atom is -0.342 e. The standard InChI is InChI=1S/C15H32N.Na/c1-3-5-6-7-8-9-10-11-12-13-15-16-14-4-2;/h16H,2-15H2,1H3;/q-1;+1. The molecule has 0 saturated heterocycles. The monoisotopic (exact) mass is 249 g/mol. The summed E-state index contributed by atoms with van der Waals surface area (Å²) in [5.74, 6) is 0. The third-order valence-electron chi connectivity index (χ3n) is 3.06. The topological polar surface area (TPSA) is 12.0 Å². The van der Waals surface area contributed by atoms with E-state index >= 15 is 0 Å². The van der Waals surface area contributed by atoms with Crippen LogP contribution in [0.15, 0.2) is 0 Å². The fourth-order valence-corrected chi connectivity index (χ4v) is 1.99. The van der Waals surface area contributed by atoms with Crippen LogP contribution in [-0.2, 0) is 0 Å². The van der Waals surface area contributed by atoms with Crippen molar-refractivity contribution in [2.24, 2.45) is 0 Å². The van der Waals surface area contributed by atoms with Crippen molar-refractivity contribution in [1.82, 2.24) is 5.32 Å². The van der Waals surface area contributed by atoms with Gasteiger partial charge in [0.2, 0.25) is 0 Å². The van der Waals surface area contributed by atoms with Crippen LogP contribution in [0.4, 0.5) is 0 Å². The van der Waals surface area contributed by atoms with Gasteiger partial charge in [-0.1, -0.05) is 64.7 Å². The van der Waals surface area contributed by atoms with Gasteiger partial charge in [0.15, 0.2) is 0 Å². The molecule has 0 spiro atoms. The molecule has 98 valence electrons. The van der Waals surface area contributed by atoms with Gasteiger partial charge in [-0.15, -0.1) is 0 Å². The largest absolute Gasteiger partial charge is 1.00 e. The normalized spacial score (nSPS) is 10.2. The Balaban J connectivity index is 0. The Morgan fingerprint density at radius 2 is 1.18 bits per heavy atom. The van der Waals surface area contributed by atoms with E-state index in [0.29, 0.717) is 0 Å². The molecule has 0 amide bonds. The van der Waals surface area contributed by atoms with Gasteiger partial charge in [0.1, 0.15) is 0 Å². The third-order valence-corrected chi connectivity index (χ3v) is 3.06. The van der Waals surface area contributed by atoms with Crippen molar-refractivity contribution in [2.75, 3.05) is 13.1 Å². The van der Waals surface area contributed by atoms with Gasteiger partial charge in [-0.25, -0.2) is 0 Å². The quantitative estimate of drug-likeness (QED) is 0.298. The van der Waals surface area contributed by atoms with Crippen molar-refractivity contribution in [1.29, 1.82) is 0 Å². The molecule has 0 radical (unpaired) electrons. The maximum atomic E-state index is 3.81. The Hall–Kier alpha value is 0.960. The minimum absolute atomic E-state index is 0. The molecule has 0 aliphatic heterocycles. The van der Waals surface area contributed by atoms with Crippen LogP contribution in [0.3, 0.4) is 0 Å². The van der Waals surface area contributed by atoms with Crippen LogP contribution in [0.5, 0.6) is 0 Å². The molecule has 0 aromatic heterocycles. The first kappa shape index (κ1) is 20.3. The zero-order chi connectivity index (χ0) is 11.9. The van der Waals surface area contributed by atoms with Crippen molar-refractivity contribution < 1.29 is 29.6 Å². The van der Waals surface area contributed by atoms with Crippen molar-refractivity contribution in [3.63, 3.8) is 0 Å². The van der Waals surface area contributed by atoms with Crippen LogP contribution in [0.1, 0.15) is 77.6 Å². The van der Waals surface area contributed by atoms with Crippen LogP contribution in [0, 0.1) is 6.92 Å². The molecule has 0 atom stereocenters. The van der Waals surface area contributed by atoms with E-state index < -0.39 is 0 Å². The summed E-state index contributed by atoms with van der Waals surface area (Å²) >= 11 is 0. The number of nitrogens with one attached hydrogen (secondary N) is 1. The van der Waals surface area contributed by atoms with E-state index in [1.54, 1.807) is 0 Å². The first-order valence-corrected chi connectivity index (χ1v) is 7.41. The molecule has 2 heteroatoms. The average Bonchev–Trinajstić information content (AvgIpc) is 2.31. The number of rotatable bonds is 13. The molecule has 0 aromatic carbocycles. The van der Waals surface area contributed by atoms with Gasteiger partial charge in [0.25, 0.3) is 0 Å². The predicted molar refractivity (Wildman–Crippen MR) is 74.7 cm³/mol. The molecule has 17 heavy (non-hydrogen) atoms. The average molecular weight is 249 g/mol. The van der Waals surface area contributed by atoms with E-state index in [0.717, 1.165) is 13.0 Å². The zero-order valence-corrected chi connectivity index (χ0v) is 14.4. The first-order valence-electron chi connectivity index (χ1n) is 7.41. The van der Waals surface area contributed by atoms with Gasteiger partial charge in [-0.3, -0.25) is 0 Å². The molecule has 0 aliphatic carbocycles. The Morgan fingerprint density at radius 1 is 0.706 bits per heavy atom. The molecular formula is C15H32NNa. The molecule has 0 aromatic rings. The summed E-state index contributed by atoms with van der Waals surface area (Å²) in [4.78, 5) is 0. The Bertz CT molecular complexity index is 103. The minimum atomic E-state index is 0. The third kappa shape index (κ3) is 19.5. The fraction of sp³-hybridized carbons (Fsp3) is 0.933. The van der Waals surface area contributed by atoms with Crippen molar-refractivity contribution >= 4 is 0 Å². The van der Waals surface area contributed by atoms with Crippen LogP contribution >= 0.6 is 0 Å². The van der Waals surface area contributed by atoms with Gasteiger partial charge in [0, 0.05) is 0 Å². The summed E-state index contributed by atoms with van der Waals surface area (Å²) in [6.45, 7) is 8.36. The molecule has 0 rings (SSSR count). The molecule has 1 N–H and O–H groups in total. The van der Waals surface area contributed by atoms with Gasteiger partial charge in [0.05, 0.1) is 0 Å². The van der Waals surface area contributed by atoms with E-state index in [4.69, 9.17) is 0 Å². The van der Waals surface area contributed by atoms with E-state index in [-0.39, 0.29) is 29.6 Å². The summed E-state index contributed by atoms with van der Waals surface area (Å²) in [7, 11) is 0. The van der Waals surface area contributed by atoms with E-state index in [2.05, 4.69) is 19.2 Å². The van der Waals surface area contributed by atoms with Crippen LogP contribution in [0.2, 0.25) is 0 Å². The molecule has 0 saturated carbocycles. The number of hydrogen-bond acceptors (Lipinski definition) is 1. The summed E-state index contributed by atoms with van der Waals surface area (Å²) in [5.41, 5.74) is 0. The summed E-state index contributed by atoms with van der Waals surface area (Å²) < 4.78 is 0.